The molecular weight excluding hydrogens is 243 g/mol. The fourth-order valence-corrected chi connectivity index (χ4v) is 2.94. The number of hydrogen-bond acceptors (Lipinski definition) is 1. The molecule has 16 heavy (non-hydrogen) atoms. The van der Waals surface area contributed by atoms with Crippen molar-refractivity contribution in [2.45, 2.75) is 25.9 Å². The minimum atomic E-state index is 0.0482. The molecule has 2 rings (SSSR count). The van der Waals surface area contributed by atoms with Gasteiger partial charge in [-0.15, -0.1) is 11.6 Å². The summed E-state index contributed by atoms with van der Waals surface area (Å²) in [7, 11) is 0. The van der Waals surface area contributed by atoms with Crippen LogP contribution in [0.25, 0.3) is 0 Å². The molecule has 0 radical (unpaired) electrons. The van der Waals surface area contributed by atoms with Crippen LogP contribution in [0.5, 0.6) is 0 Å². The second kappa shape index (κ2) is 4.95. The second-order valence-electron chi connectivity index (χ2n) is 4.53. The summed E-state index contributed by atoms with van der Waals surface area (Å²) in [6.45, 7) is 2.91. The van der Waals surface area contributed by atoms with Crippen LogP contribution in [0.1, 0.15) is 18.9 Å². The Bertz CT molecular complexity index is 367. The van der Waals surface area contributed by atoms with Crippen molar-refractivity contribution < 1.29 is 4.74 Å². The van der Waals surface area contributed by atoms with Crippen molar-refractivity contribution in [2.75, 3.05) is 12.5 Å². The molecule has 0 saturated carbocycles. The van der Waals surface area contributed by atoms with E-state index < -0.39 is 0 Å². The van der Waals surface area contributed by atoms with E-state index >= 15 is 0 Å². The highest BCUT2D eigenvalue weighted by molar-refractivity contribution is 6.31. The summed E-state index contributed by atoms with van der Waals surface area (Å²) < 4.78 is 5.64. The summed E-state index contributed by atoms with van der Waals surface area (Å²) in [5, 5.41) is 0.825. The van der Waals surface area contributed by atoms with Gasteiger partial charge >= 0.3 is 0 Å². The summed E-state index contributed by atoms with van der Waals surface area (Å²) in [5.41, 5.74) is 1.22. The molecule has 1 saturated heterocycles. The van der Waals surface area contributed by atoms with Gasteiger partial charge in [0.25, 0.3) is 0 Å². The van der Waals surface area contributed by atoms with Crippen LogP contribution < -0.4 is 0 Å². The molecule has 88 valence electrons. The van der Waals surface area contributed by atoms with Gasteiger partial charge in [-0.05, 0) is 31.4 Å². The fourth-order valence-electron chi connectivity index (χ4n) is 2.29. The van der Waals surface area contributed by atoms with Crippen LogP contribution in [0, 0.1) is 5.41 Å². The predicted molar refractivity (Wildman–Crippen MR) is 68.3 cm³/mol. The monoisotopic (exact) mass is 258 g/mol. The molecule has 0 spiro atoms. The molecule has 0 bridgehead atoms. The zero-order valence-electron chi connectivity index (χ0n) is 9.38. The van der Waals surface area contributed by atoms with E-state index in [1.807, 2.05) is 18.2 Å². The smallest absolute Gasteiger partial charge is 0.0618 e. The Balaban J connectivity index is 2.22. The molecule has 1 fully saturated rings. The van der Waals surface area contributed by atoms with Gasteiger partial charge < -0.3 is 4.74 Å². The van der Waals surface area contributed by atoms with Gasteiger partial charge in [-0.25, -0.2) is 0 Å². The first-order valence-corrected chi connectivity index (χ1v) is 6.50. The summed E-state index contributed by atoms with van der Waals surface area (Å²) in [5.74, 6) is 0.624. The normalized spacial score (nSPS) is 29.6. The Kier molecular flexibility index (Phi) is 3.78. The van der Waals surface area contributed by atoms with E-state index in [2.05, 4.69) is 13.0 Å². The van der Waals surface area contributed by atoms with Crippen molar-refractivity contribution in [1.29, 1.82) is 0 Å². The summed E-state index contributed by atoms with van der Waals surface area (Å²) in [4.78, 5) is 0. The van der Waals surface area contributed by atoms with Crippen molar-refractivity contribution in [2.24, 2.45) is 5.41 Å². The lowest BCUT2D eigenvalue weighted by molar-refractivity contribution is 0.0736. The largest absolute Gasteiger partial charge is 0.378 e. The number of rotatable bonds is 3. The molecule has 1 aromatic carbocycles. The maximum absolute atomic E-state index is 6.19. The number of hydrogen-bond donors (Lipinski definition) is 0. The lowest BCUT2D eigenvalue weighted by Crippen LogP contribution is -2.33. The highest BCUT2D eigenvalue weighted by Crippen LogP contribution is 2.40. The molecule has 1 aliphatic rings. The third-order valence-electron chi connectivity index (χ3n) is 3.60. The number of alkyl halides is 1. The maximum atomic E-state index is 6.19. The first-order chi connectivity index (χ1) is 7.68. The second-order valence-corrected chi connectivity index (χ2v) is 5.20. The van der Waals surface area contributed by atoms with E-state index in [0.717, 1.165) is 24.5 Å². The van der Waals surface area contributed by atoms with Crippen LogP contribution in [-0.2, 0) is 11.2 Å². The molecule has 2 unspecified atom stereocenters. The molecule has 3 heteroatoms. The average Bonchev–Trinajstić information content (AvgIpc) is 2.64. The van der Waals surface area contributed by atoms with E-state index in [0.29, 0.717) is 5.88 Å². The van der Waals surface area contributed by atoms with Crippen LogP contribution in [0.3, 0.4) is 0 Å². The van der Waals surface area contributed by atoms with Crippen LogP contribution >= 0.6 is 23.2 Å². The van der Waals surface area contributed by atoms with Crippen molar-refractivity contribution in [3.8, 4) is 0 Å². The number of benzene rings is 1. The van der Waals surface area contributed by atoms with Crippen molar-refractivity contribution in [3.63, 3.8) is 0 Å². The van der Waals surface area contributed by atoms with E-state index in [1.54, 1.807) is 0 Å². The van der Waals surface area contributed by atoms with Crippen molar-refractivity contribution >= 4 is 23.2 Å². The molecule has 0 aromatic heterocycles. The third-order valence-corrected chi connectivity index (χ3v) is 4.50. The van der Waals surface area contributed by atoms with Crippen LogP contribution in [-0.4, -0.2) is 18.6 Å². The molecule has 1 heterocycles. The highest BCUT2D eigenvalue weighted by atomic mass is 35.5. The first kappa shape index (κ1) is 12.2. The van der Waals surface area contributed by atoms with Gasteiger partial charge in [0.15, 0.2) is 0 Å². The SMILES string of the molecule is CC1OCCC1(CCl)Cc1ccccc1Cl. The molecular formula is C13H16Cl2O. The van der Waals surface area contributed by atoms with Gasteiger partial charge in [0, 0.05) is 22.9 Å². The lowest BCUT2D eigenvalue weighted by atomic mass is 9.78. The molecule has 0 aliphatic carbocycles. The van der Waals surface area contributed by atoms with Gasteiger partial charge in [-0.3, -0.25) is 0 Å². The lowest BCUT2D eigenvalue weighted by Gasteiger charge is -2.30. The van der Waals surface area contributed by atoms with Crippen molar-refractivity contribution in [3.05, 3.63) is 34.9 Å². The average molecular weight is 259 g/mol. The van der Waals surface area contributed by atoms with Gasteiger partial charge in [0.05, 0.1) is 6.10 Å². The van der Waals surface area contributed by atoms with Gasteiger partial charge in [-0.1, -0.05) is 29.8 Å². The molecule has 1 aromatic rings. The Morgan fingerprint density at radius 3 is 2.75 bits per heavy atom. The molecule has 1 nitrogen and oxygen atoms in total. The van der Waals surface area contributed by atoms with Gasteiger partial charge in [-0.2, -0.15) is 0 Å². The standard InChI is InChI=1S/C13H16Cl2O/c1-10-13(9-14,6-7-16-10)8-11-4-2-3-5-12(11)15/h2-5,10H,6-9H2,1H3. The van der Waals surface area contributed by atoms with E-state index in [4.69, 9.17) is 27.9 Å². The summed E-state index contributed by atoms with van der Waals surface area (Å²) in [6.07, 6.45) is 2.13. The number of halogens is 2. The topological polar surface area (TPSA) is 9.23 Å². The predicted octanol–water partition coefficient (Wildman–Crippen LogP) is 3.92. The zero-order chi connectivity index (χ0) is 11.6. The Morgan fingerprint density at radius 2 is 2.19 bits per heavy atom. The molecule has 0 N–H and O–H groups in total. The zero-order valence-corrected chi connectivity index (χ0v) is 10.9. The van der Waals surface area contributed by atoms with Crippen LogP contribution in [0.4, 0.5) is 0 Å². The Labute approximate surface area is 107 Å². The minimum absolute atomic E-state index is 0.0482. The van der Waals surface area contributed by atoms with E-state index in [-0.39, 0.29) is 11.5 Å². The third kappa shape index (κ3) is 2.22. The highest BCUT2D eigenvalue weighted by Gasteiger charge is 2.41. The molecule has 0 amide bonds. The Hall–Kier alpha value is -0.240. The Morgan fingerprint density at radius 1 is 1.44 bits per heavy atom. The molecule has 2 atom stereocenters. The van der Waals surface area contributed by atoms with Gasteiger partial charge in [0.1, 0.15) is 0 Å². The van der Waals surface area contributed by atoms with E-state index in [1.165, 1.54) is 5.56 Å². The first-order valence-electron chi connectivity index (χ1n) is 5.59. The summed E-state index contributed by atoms with van der Waals surface area (Å²) in [6, 6.07) is 7.97. The van der Waals surface area contributed by atoms with Crippen LogP contribution in [0.2, 0.25) is 5.02 Å². The minimum Gasteiger partial charge on any atom is -0.378 e. The fraction of sp³-hybridized carbons (Fsp3) is 0.538. The van der Waals surface area contributed by atoms with Crippen molar-refractivity contribution in [1.82, 2.24) is 0 Å². The van der Waals surface area contributed by atoms with Gasteiger partial charge in [0.2, 0.25) is 0 Å². The molecule has 1 aliphatic heterocycles. The maximum Gasteiger partial charge on any atom is 0.0618 e. The quantitative estimate of drug-likeness (QED) is 0.747. The van der Waals surface area contributed by atoms with Crippen LogP contribution in [0.15, 0.2) is 24.3 Å². The van der Waals surface area contributed by atoms with E-state index in [9.17, 15) is 0 Å². The number of ether oxygens (including phenoxy) is 1. The summed E-state index contributed by atoms with van der Waals surface area (Å²) >= 11 is 12.3.